The second-order valence-electron chi connectivity index (χ2n) is 9.36. The van der Waals surface area contributed by atoms with Crippen LogP contribution in [0.25, 0.3) is 0 Å². The number of rotatable bonds is 5. The Kier molecular flexibility index (Phi) is 6.32. The van der Waals surface area contributed by atoms with Gasteiger partial charge in [-0.2, -0.15) is 0 Å². The Hall–Kier alpha value is -2.57. The monoisotopic (exact) mass is 434 g/mol. The van der Waals surface area contributed by atoms with E-state index in [1.807, 2.05) is 12.1 Å². The number of amides is 2. The van der Waals surface area contributed by atoms with Crippen LogP contribution < -0.4 is 5.73 Å². The number of carbonyl (C=O) groups is 1. The molecule has 32 heavy (non-hydrogen) atoms. The summed E-state index contributed by atoms with van der Waals surface area (Å²) in [6.45, 7) is 5.27. The van der Waals surface area contributed by atoms with Crippen LogP contribution >= 0.6 is 0 Å². The normalized spacial score (nSPS) is 23.8. The van der Waals surface area contributed by atoms with Gasteiger partial charge in [0.1, 0.15) is 0 Å². The molecule has 3 saturated heterocycles. The lowest BCUT2D eigenvalue weighted by Gasteiger charge is -2.39. The topological polar surface area (TPSA) is 62.0 Å². The number of nitrogens with two attached hydrogens (primary N) is 1. The van der Waals surface area contributed by atoms with Gasteiger partial charge in [-0.25, -0.2) is 4.79 Å². The first-order valence-electron chi connectivity index (χ1n) is 12.0. The standard InChI is InChI=1S/C26H34N4O2/c27-22-8-6-20(7-9-22)18-28-14-10-24(11-15-28)30-25(21-4-2-1-3-5-21)19-29(26(30)31)23-12-16-32-17-13-23/h1-9,23-25H,10-19,27H2. The van der Waals surface area contributed by atoms with Crippen LogP contribution in [-0.2, 0) is 11.3 Å². The first kappa shape index (κ1) is 21.3. The number of ether oxygens (including phenoxy) is 1. The van der Waals surface area contributed by atoms with Gasteiger partial charge < -0.3 is 20.3 Å². The van der Waals surface area contributed by atoms with E-state index in [1.165, 1.54) is 11.1 Å². The van der Waals surface area contributed by atoms with Gasteiger partial charge in [-0.3, -0.25) is 4.90 Å². The van der Waals surface area contributed by atoms with E-state index in [-0.39, 0.29) is 12.1 Å². The van der Waals surface area contributed by atoms with Gasteiger partial charge in [-0.05, 0) is 48.9 Å². The number of nitrogens with zero attached hydrogens (tertiary/aromatic N) is 3. The molecule has 5 rings (SSSR count). The molecule has 6 nitrogen and oxygen atoms in total. The third kappa shape index (κ3) is 4.48. The summed E-state index contributed by atoms with van der Waals surface area (Å²) in [5, 5.41) is 0. The molecule has 170 valence electrons. The zero-order valence-electron chi connectivity index (χ0n) is 18.7. The van der Waals surface area contributed by atoms with E-state index in [9.17, 15) is 4.79 Å². The average molecular weight is 435 g/mol. The summed E-state index contributed by atoms with van der Waals surface area (Å²) < 4.78 is 5.55. The summed E-state index contributed by atoms with van der Waals surface area (Å²) in [7, 11) is 0. The number of urea groups is 1. The van der Waals surface area contributed by atoms with Crippen molar-refractivity contribution < 1.29 is 9.53 Å². The molecule has 6 heteroatoms. The fraction of sp³-hybridized carbons (Fsp3) is 0.500. The second kappa shape index (κ2) is 9.51. The molecule has 2 aromatic carbocycles. The summed E-state index contributed by atoms with van der Waals surface area (Å²) in [5.41, 5.74) is 9.18. The highest BCUT2D eigenvalue weighted by Crippen LogP contribution is 2.37. The lowest BCUT2D eigenvalue weighted by molar-refractivity contribution is 0.0493. The SMILES string of the molecule is Nc1ccc(CN2CCC(N3C(=O)N(C4CCOCC4)CC3c3ccccc3)CC2)cc1. The van der Waals surface area contributed by atoms with Gasteiger partial charge in [-0.1, -0.05) is 42.5 Å². The van der Waals surface area contributed by atoms with Gasteiger partial charge in [0.15, 0.2) is 0 Å². The zero-order chi connectivity index (χ0) is 21.9. The van der Waals surface area contributed by atoms with Crippen molar-refractivity contribution in [2.45, 2.75) is 50.4 Å². The van der Waals surface area contributed by atoms with Gasteiger partial charge >= 0.3 is 6.03 Å². The highest BCUT2D eigenvalue weighted by atomic mass is 16.5. The first-order valence-corrected chi connectivity index (χ1v) is 12.0. The third-order valence-corrected chi connectivity index (χ3v) is 7.32. The van der Waals surface area contributed by atoms with E-state index in [1.54, 1.807) is 0 Å². The van der Waals surface area contributed by atoms with Crippen molar-refractivity contribution in [1.82, 2.24) is 14.7 Å². The number of likely N-dealkylation sites (tertiary alicyclic amines) is 1. The quantitative estimate of drug-likeness (QED) is 0.726. The Morgan fingerprint density at radius 1 is 0.875 bits per heavy atom. The summed E-state index contributed by atoms with van der Waals surface area (Å²) in [4.78, 5) is 20.5. The van der Waals surface area contributed by atoms with Crippen molar-refractivity contribution in [2.75, 3.05) is 38.6 Å². The van der Waals surface area contributed by atoms with Crippen molar-refractivity contribution in [3.05, 3.63) is 65.7 Å². The van der Waals surface area contributed by atoms with Crippen LogP contribution in [0, 0.1) is 0 Å². The molecule has 0 radical (unpaired) electrons. The number of carbonyl (C=O) groups excluding carboxylic acids is 1. The van der Waals surface area contributed by atoms with Crippen LogP contribution in [0.4, 0.5) is 10.5 Å². The molecule has 3 heterocycles. The van der Waals surface area contributed by atoms with E-state index in [2.05, 4.69) is 57.2 Å². The molecular weight excluding hydrogens is 400 g/mol. The van der Waals surface area contributed by atoms with Crippen molar-refractivity contribution in [3.8, 4) is 0 Å². The molecular formula is C26H34N4O2. The molecule has 1 unspecified atom stereocenters. The number of piperidine rings is 1. The number of anilines is 1. The van der Waals surface area contributed by atoms with Crippen LogP contribution in [-0.4, -0.2) is 65.7 Å². The number of hydrogen-bond acceptors (Lipinski definition) is 4. The minimum absolute atomic E-state index is 0.139. The van der Waals surface area contributed by atoms with E-state index >= 15 is 0 Å². The minimum Gasteiger partial charge on any atom is -0.399 e. The van der Waals surface area contributed by atoms with Crippen LogP contribution in [0.5, 0.6) is 0 Å². The second-order valence-corrected chi connectivity index (χ2v) is 9.36. The summed E-state index contributed by atoms with van der Waals surface area (Å²) >= 11 is 0. The molecule has 3 aliphatic rings. The Balaban J connectivity index is 1.29. The number of hydrogen-bond donors (Lipinski definition) is 1. The zero-order valence-corrected chi connectivity index (χ0v) is 18.7. The molecule has 0 aliphatic carbocycles. The molecule has 2 amide bonds. The van der Waals surface area contributed by atoms with E-state index < -0.39 is 0 Å². The first-order chi connectivity index (χ1) is 15.7. The predicted molar refractivity (Wildman–Crippen MR) is 126 cm³/mol. The molecule has 3 fully saturated rings. The largest absolute Gasteiger partial charge is 0.399 e. The van der Waals surface area contributed by atoms with Gasteiger partial charge in [-0.15, -0.1) is 0 Å². The van der Waals surface area contributed by atoms with Crippen LogP contribution in [0.1, 0.15) is 42.9 Å². The number of benzene rings is 2. The molecule has 3 aliphatic heterocycles. The molecule has 0 spiro atoms. The van der Waals surface area contributed by atoms with Crippen LogP contribution in [0.3, 0.4) is 0 Å². The predicted octanol–water partition coefficient (Wildman–Crippen LogP) is 3.89. The summed E-state index contributed by atoms with van der Waals surface area (Å²) in [6.07, 6.45) is 3.93. The molecule has 2 N–H and O–H groups in total. The number of nitrogen functional groups attached to an aromatic ring is 1. The lowest BCUT2D eigenvalue weighted by atomic mass is 9.98. The smallest absolute Gasteiger partial charge is 0.321 e. The molecule has 0 aromatic heterocycles. The Labute approximate surface area is 190 Å². The Morgan fingerprint density at radius 2 is 1.56 bits per heavy atom. The Morgan fingerprint density at radius 3 is 2.25 bits per heavy atom. The minimum atomic E-state index is 0.139. The van der Waals surface area contributed by atoms with Crippen molar-refractivity contribution in [2.24, 2.45) is 0 Å². The maximum absolute atomic E-state index is 13.7. The van der Waals surface area contributed by atoms with Crippen molar-refractivity contribution >= 4 is 11.7 Å². The average Bonchev–Trinajstić information content (AvgIpc) is 3.19. The fourth-order valence-corrected chi connectivity index (χ4v) is 5.52. The van der Waals surface area contributed by atoms with E-state index in [0.717, 1.165) is 70.8 Å². The summed E-state index contributed by atoms with van der Waals surface area (Å²) in [5.74, 6) is 0. The van der Waals surface area contributed by atoms with Gasteiger partial charge in [0.25, 0.3) is 0 Å². The molecule has 2 aromatic rings. The van der Waals surface area contributed by atoms with Gasteiger partial charge in [0.2, 0.25) is 0 Å². The lowest BCUT2D eigenvalue weighted by Crippen LogP contribution is -2.48. The van der Waals surface area contributed by atoms with E-state index in [0.29, 0.717) is 12.1 Å². The highest BCUT2D eigenvalue weighted by Gasteiger charge is 2.45. The maximum atomic E-state index is 13.7. The van der Waals surface area contributed by atoms with Crippen LogP contribution in [0.15, 0.2) is 54.6 Å². The van der Waals surface area contributed by atoms with Crippen LogP contribution in [0.2, 0.25) is 0 Å². The maximum Gasteiger partial charge on any atom is 0.321 e. The highest BCUT2D eigenvalue weighted by molar-refractivity contribution is 5.78. The summed E-state index contributed by atoms with van der Waals surface area (Å²) in [6, 6.07) is 19.7. The van der Waals surface area contributed by atoms with Crippen molar-refractivity contribution in [3.63, 3.8) is 0 Å². The van der Waals surface area contributed by atoms with E-state index in [4.69, 9.17) is 10.5 Å². The molecule has 0 bridgehead atoms. The third-order valence-electron chi connectivity index (χ3n) is 7.32. The van der Waals surface area contributed by atoms with Gasteiger partial charge in [0, 0.05) is 57.2 Å². The Bertz CT molecular complexity index is 890. The fourth-order valence-electron chi connectivity index (χ4n) is 5.52. The molecule has 0 saturated carbocycles. The van der Waals surface area contributed by atoms with Gasteiger partial charge in [0.05, 0.1) is 6.04 Å². The van der Waals surface area contributed by atoms with Crippen molar-refractivity contribution in [1.29, 1.82) is 0 Å². The molecule has 1 atom stereocenters.